The minimum atomic E-state index is -3.47. The number of alkyl halides is 6. The highest BCUT2D eigenvalue weighted by atomic mass is 32.1. The first-order chi connectivity index (χ1) is 65.5. The number of pyridine rings is 3. The number of hydrogen-bond donors (Lipinski definition) is 0. The van der Waals surface area contributed by atoms with Crippen LogP contribution < -0.4 is 45.5 Å². The standard InChI is InChI=1S/C33H26F3N3O6S.2C32H24F3N3O6S/c1-16(2)44-32(42)45-29-22(40)9-10-38-28(29)31(41)37-11-12-43-14-23(37)39(38)27-18-5-3-4-6-19(18)30-24-17(15-46-30)13-33(35,36)26-21(34)8-7-20(27)25(24)26;2*1-2-43-31(41)44-28-21(39)9-10-37-27(28)30(40)36-11-12-42-14-22(36)38(37)26-17-5-3-4-6-18(17)29-23-16(15-45-29)13-32(34,35)25-20(33)8-7-19(26)24(23)25/h3-10,15-16,23,27H,11-14H2,1-2H3;2*3-10,15,22,26H,2,11-14H2,1H3/t;22-,26-;/m.1./s1. The number of ether oxygens (including phenoxy) is 9. The molecule has 12 heterocycles. The van der Waals surface area contributed by atoms with E-state index in [9.17, 15) is 43.2 Å². The fraction of sp³-hybridized carbons (Fsp3) is 0.289. The molecule has 12 aromatic rings. The molecule has 6 aliphatic carbocycles. The van der Waals surface area contributed by atoms with Crippen LogP contribution in [0.3, 0.4) is 0 Å². The van der Waals surface area contributed by atoms with Crippen LogP contribution in [0.4, 0.5) is 53.9 Å². The Hall–Kier alpha value is -13.9. The molecular formula is C97H74F9N9O18S3. The van der Waals surface area contributed by atoms with Gasteiger partial charge in [-0.2, -0.15) is 0 Å². The Morgan fingerprint density at radius 2 is 0.691 bits per heavy atom. The average Bonchev–Trinajstić information content (AvgIpc) is 1.72. The van der Waals surface area contributed by atoms with E-state index in [1.165, 1.54) is 99.5 Å². The molecule has 3 amide bonds. The van der Waals surface area contributed by atoms with E-state index in [0.717, 1.165) is 67.7 Å². The lowest BCUT2D eigenvalue weighted by Crippen LogP contribution is -2.66. The minimum Gasteiger partial charge on any atom is -0.434 e. The molecule has 0 radical (unpaired) electrons. The predicted octanol–water partition coefficient (Wildman–Crippen LogP) is 16.6. The zero-order valence-electron chi connectivity index (χ0n) is 72.0. The highest BCUT2D eigenvalue weighted by molar-refractivity contribution is 7.15. The minimum absolute atomic E-state index is 0.0217. The quantitative estimate of drug-likeness (QED) is 0.0738. The summed E-state index contributed by atoms with van der Waals surface area (Å²) in [6.07, 6.45) is -4.04. The van der Waals surface area contributed by atoms with E-state index in [2.05, 4.69) is 0 Å². The van der Waals surface area contributed by atoms with Crippen molar-refractivity contribution in [3.8, 4) is 82.0 Å². The number of nitrogens with zero attached hydrogens (tertiary/aromatic N) is 9. The van der Waals surface area contributed by atoms with Crippen LogP contribution in [0.5, 0.6) is 17.2 Å². The van der Waals surface area contributed by atoms with Gasteiger partial charge in [0.15, 0.2) is 17.1 Å². The van der Waals surface area contributed by atoms with Crippen molar-refractivity contribution in [2.75, 3.05) is 87.5 Å². The van der Waals surface area contributed by atoms with Crippen LogP contribution in [0.25, 0.3) is 64.7 Å². The first-order valence-corrected chi connectivity index (χ1v) is 46.2. The molecule has 3 saturated heterocycles. The summed E-state index contributed by atoms with van der Waals surface area (Å²) in [5.74, 6) is -16.7. The number of carbonyl (C=O) groups is 6. The van der Waals surface area contributed by atoms with Crippen molar-refractivity contribution in [3.05, 3.63) is 294 Å². The van der Waals surface area contributed by atoms with E-state index in [-0.39, 0.29) is 106 Å². The lowest BCUT2D eigenvalue weighted by atomic mass is 9.80. The molecule has 136 heavy (non-hydrogen) atoms. The van der Waals surface area contributed by atoms with Gasteiger partial charge in [-0.1, -0.05) is 91.0 Å². The van der Waals surface area contributed by atoms with Crippen LogP contribution in [-0.4, -0.2) is 162 Å². The zero-order chi connectivity index (χ0) is 94.5. The second-order valence-corrected chi connectivity index (χ2v) is 36.8. The fourth-order valence-corrected chi connectivity index (χ4v) is 24.5. The van der Waals surface area contributed by atoms with Gasteiger partial charge < -0.3 is 57.3 Å². The lowest BCUT2D eigenvalue weighted by molar-refractivity contribution is -0.0200. The van der Waals surface area contributed by atoms with Gasteiger partial charge in [0.2, 0.25) is 33.5 Å². The number of hydrogen-bond acceptors (Lipinski definition) is 24. The summed E-state index contributed by atoms with van der Waals surface area (Å²) in [5, 5.41) is 10.4. The van der Waals surface area contributed by atoms with Gasteiger partial charge in [0.05, 0.1) is 93.8 Å². The maximum Gasteiger partial charge on any atom is 0.514 e. The smallest absolute Gasteiger partial charge is 0.434 e. The third kappa shape index (κ3) is 13.4. The largest absolute Gasteiger partial charge is 0.514 e. The van der Waals surface area contributed by atoms with Crippen LogP contribution in [0.1, 0.15) is 144 Å². The predicted molar refractivity (Wildman–Crippen MR) is 475 cm³/mol. The highest BCUT2D eigenvalue weighted by Crippen LogP contribution is 2.63. The van der Waals surface area contributed by atoms with E-state index in [1.54, 1.807) is 58.9 Å². The van der Waals surface area contributed by atoms with Gasteiger partial charge in [0.25, 0.3) is 35.5 Å². The number of amides is 3. The van der Waals surface area contributed by atoms with Crippen molar-refractivity contribution in [1.29, 1.82) is 0 Å². The SMILES string of the molecule is CC(C)OC(=O)Oc1c2n(ccc1=O)N(C1c3ccccc3-c3scc4c3-c3c1ccc(F)c3C(F)(F)C4)C1COCCN1C2=O.CCOC(=O)Oc1c2n(ccc1=O)N(C1c3ccccc3-c3scc4c3-c3c1ccc(F)c3C(F)(F)C4)C1COCCN1C2=O.CCOC(=O)Oc1c2n(ccc1=O)N([C@@H]1c3ccccc3-c3scc4c3-c3c1ccc(F)c3C(F)(F)C4)[C@@H]1COCCN1C2=O. The molecule has 0 saturated carbocycles. The maximum absolute atomic E-state index is 15.8. The second kappa shape index (κ2) is 32.7. The van der Waals surface area contributed by atoms with Crippen molar-refractivity contribution >= 4 is 70.2 Å². The Balaban J connectivity index is 0.000000118. The molecule has 39 heteroatoms. The number of halogens is 9. The molecule has 0 bridgehead atoms. The molecule has 3 fully saturated rings. The van der Waals surface area contributed by atoms with Crippen molar-refractivity contribution in [2.24, 2.45) is 0 Å². The van der Waals surface area contributed by atoms with Crippen molar-refractivity contribution < 1.29 is 111 Å². The topological polar surface area (TPSA) is 271 Å². The van der Waals surface area contributed by atoms with Crippen LogP contribution in [0.15, 0.2) is 177 Å². The average molecular weight is 1920 g/mol. The Kier molecular flexibility index (Phi) is 21.1. The van der Waals surface area contributed by atoms with Crippen molar-refractivity contribution in [2.45, 2.75) is 107 Å². The Labute approximate surface area is 776 Å². The van der Waals surface area contributed by atoms with Crippen LogP contribution in [0, 0.1) is 17.5 Å². The van der Waals surface area contributed by atoms with E-state index < -0.39 is 184 Å². The third-order valence-corrected chi connectivity index (χ3v) is 29.5. The molecule has 0 N–H and O–H groups in total. The zero-order valence-corrected chi connectivity index (χ0v) is 74.5. The number of benzene rings is 6. The number of aromatic nitrogens is 3. The molecular weight excluding hydrogens is 1850 g/mol. The molecule has 4 unspecified atom stereocenters. The van der Waals surface area contributed by atoms with Gasteiger partial charge in [0, 0.05) is 124 Å². The van der Waals surface area contributed by atoms with E-state index >= 15 is 39.5 Å². The summed E-state index contributed by atoms with van der Waals surface area (Å²) in [6.45, 7) is 7.54. The third-order valence-electron chi connectivity index (χ3n) is 26.3. The molecule has 696 valence electrons. The van der Waals surface area contributed by atoms with Crippen LogP contribution in [0.2, 0.25) is 0 Å². The summed E-state index contributed by atoms with van der Waals surface area (Å²) in [4.78, 5) is 126. The molecule has 0 spiro atoms. The van der Waals surface area contributed by atoms with Gasteiger partial charge in [-0.3, -0.25) is 57.8 Å². The fourth-order valence-electron chi connectivity index (χ4n) is 21.1. The first kappa shape index (κ1) is 87.5. The number of carbonyl (C=O) groups excluding carboxylic acids is 6. The summed E-state index contributed by atoms with van der Waals surface area (Å²) >= 11 is 3.98. The molecule has 12 aliphatic rings. The second-order valence-electron chi connectivity index (χ2n) is 34.2. The normalized spacial score (nSPS) is 20.4. The highest BCUT2D eigenvalue weighted by Gasteiger charge is 2.57. The monoisotopic (exact) mass is 1920 g/mol. The van der Waals surface area contributed by atoms with Crippen molar-refractivity contribution in [3.63, 3.8) is 0 Å². The van der Waals surface area contributed by atoms with Gasteiger partial charge in [-0.15, -0.1) is 34.0 Å². The number of rotatable bonds is 9. The van der Waals surface area contributed by atoms with E-state index in [0.29, 0.717) is 66.8 Å². The number of morpholine rings is 3. The maximum atomic E-state index is 15.8. The molecule has 6 atom stereocenters. The van der Waals surface area contributed by atoms with Crippen LogP contribution in [-0.2, 0) is 65.5 Å². The van der Waals surface area contributed by atoms with Gasteiger partial charge in [0.1, 0.15) is 35.9 Å². The summed E-state index contributed by atoms with van der Waals surface area (Å²) in [6, 6.07) is 30.9. The summed E-state index contributed by atoms with van der Waals surface area (Å²) < 4.78 is 194. The Morgan fingerprint density at radius 3 is 0.985 bits per heavy atom. The van der Waals surface area contributed by atoms with Gasteiger partial charge in [-0.05, 0) is 129 Å². The van der Waals surface area contributed by atoms with E-state index in [4.69, 9.17) is 42.6 Å². The van der Waals surface area contributed by atoms with Crippen molar-refractivity contribution in [1.82, 2.24) is 28.7 Å². The number of fused-ring (bicyclic) bond motifs is 12. The Morgan fingerprint density at radius 1 is 0.397 bits per heavy atom. The Bertz CT molecular complexity index is 7070. The van der Waals surface area contributed by atoms with E-state index in [1.807, 2.05) is 72.8 Å². The lowest BCUT2D eigenvalue weighted by Gasteiger charge is -2.51. The molecule has 27 nitrogen and oxygen atoms in total. The molecule has 6 aromatic heterocycles. The molecule has 6 aliphatic heterocycles. The number of thiophene rings is 3. The molecule has 6 aromatic carbocycles. The van der Waals surface area contributed by atoms with Gasteiger partial charge in [-0.25, -0.2) is 53.9 Å². The molecule has 24 rings (SSSR count). The first-order valence-electron chi connectivity index (χ1n) is 43.6. The summed E-state index contributed by atoms with van der Waals surface area (Å²) in [7, 11) is 0. The van der Waals surface area contributed by atoms with Gasteiger partial charge >= 0.3 is 18.5 Å². The summed E-state index contributed by atoms with van der Waals surface area (Å²) in [5.41, 5.74) is 4.14. The van der Waals surface area contributed by atoms with Crippen LogP contribution >= 0.6 is 34.0 Å².